The zero-order chi connectivity index (χ0) is 17.5. The molecule has 126 valence electrons. The van der Waals surface area contributed by atoms with Crippen LogP contribution in [-0.2, 0) is 0 Å². The Kier molecular flexibility index (Phi) is 6.21. The van der Waals surface area contributed by atoms with E-state index in [1.165, 1.54) is 0 Å². The van der Waals surface area contributed by atoms with Crippen molar-refractivity contribution in [3.63, 3.8) is 0 Å². The highest BCUT2D eigenvalue weighted by molar-refractivity contribution is 6.30. The van der Waals surface area contributed by atoms with E-state index in [0.717, 1.165) is 0 Å². The van der Waals surface area contributed by atoms with Gasteiger partial charge in [0.2, 0.25) is 0 Å². The van der Waals surface area contributed by atoms with Crippen molar-refractivity contribution in [2.45, 2.75) is 13.8 Å². The first-order valence-corrected chi connectivity index (χ1v) is 8.14. The number of hydrogen-bond donors (Lipinski definition) is 2. The summed E-state index contributed by atoms with van der Waals surface area (Å²) in [4.78, 5) is 25.9. The molecule has 0 bridgehead atoms. The average Bonchev–Trinajstić information content (AvgIpc) is 2.58. The van der Waals surface area contributed by atoms with Crippen molar-refractivity contribution >= 4 is 34.9 Å². The predicted octanol–water partition coefficient (Wildman–Crippen LogP) is 4.47. The minimum Gasteiger partial charge on any atom is -0.339 e. The van der Waals surface area contributed by atoms with E-state index in [1.807, 2.05) is 13.8 Å². The number of hydrogen-bond acceptors (Lipinski definition) is 2. The summed E-state index contributed by atoms with van der Waals surface area (Å²) in [6.07, 6.45) is 0. The molecule has 6 heteroatoms. The molecule has 0 aliphatic rings. The fourth-order valence-corrected chi connectivity index (χ4v) is 2.34. The highest BCUT2D eigenvalue weighted by atomic mass is 35.5. The van der Waals surface area contributed by atoms with Crippen LogP contribution in [0.25, 0.3) is 0 Å². The molecule has 0 aliphatic carbocycles. The van der Waals surface area contributed by atoms with Crippen molar-refractivity contribution in [2.75, 3.05) is 23.7 Å². The largest absolute Gasteiger partial charge is 0.339 e. The molecule has 0 aliphatic heterocycles. The van der Waals surface area contributed by atoms with Gasteiger partial charge >= 0.3 is 6.03 Å². The zero-order valence-corrected chi connectivity index (χ0v) is 14.4. The van der Waals surface area contributed by atoms with Crippen LogP contribution in [0.1, 0.15) is 24.2 Å². The number of carbonyl (C=O) groups is 2. The Balaban J connectivity index is 1.97. The fraction of sp³-hybridized carbons (Fsp3) is 0.222. The predicted molar refractivity (Wildman–Crippen MR) is 97.8 cm³/mol. The lowest BCUT2D eigenvalue weighted by molar-refractivity contribution is 0.0773. The molecular weight excluding hydrogens is 326 g/mol. The van der Waals surface area contributed by atoms with Crippen molar-refractivity contribution in [3.8, 4) is 0 Å². The van der Waals surface area contributed by atoms with Gasteiger partial charge in [0.1, 0.15) is 0 Å². The molecule has 24 heavy (non-hydrogen) atoms. The van der Waals surface area contributed by atoms with Crippen LogP contribution in [-0.4, -0.2) is 29.9 Å². The number of rotatable bonds is 5. The van der Waals surface area contributed by atoms with E-state index >= 15 is 0 Å². The van der Waals surface area contributed by atoms with Crippen molar-refractivity contribution in [1.82, 2.24) is 4.90 Å². The molecule has 0 spiro atoms. The number of halogens is 1. The third-order valence-electron chi connectivity index (χ3n) is 3.54. The van der Waals surface area contributed by atoms with Gasteiger partial charge in [-0.25, -0.2) is 4.79 Å². The summed E-state index contributed by atoms with van der Waals surface area (Å²) in [5.74, 6) is -0.0165. The van der Waals surface area contributed by atoms with Gasteiger partial charge in [-0.3, -0.25) is 4.79 Å². The van der Waals surface area contributed by atoms with Crippen LogP contribution in [0, 0.1) is 0 Å². The Morgan fingerprint density at radius 2 is 1.33 bits per heavy atom. The van der Waals surface area contributed by atoms with Crippen LogP contribution in [0.2, 0.25) is 5.02 Å². The maximum Gasteiger partial charge on any atom is 0.323 e. The van der Waals surface area contributed by atoms with Crippen LogP contribution in [0.15, 0.2) is 48.5 Å². The van der Waals surface area contributed by atoms with E-state index in [2.05, 4.69) is 10.6 Å². The molecule has 3 amide bonds. The summed E-state index contributed by atoms with van der Waals surface area (Å²) in [5.41, 5.74) is 1.85. The summed E-state index contributed by atoms with van der Waals surface area (Å²) in [7, 11) is 0. The molecule has 2 rings (SSSR count). The molecule has 0 radical (unpaired) electrons. The topological polar surface area (TPSA) is 61.4 Å². The normalized spacial score (nSPS) is 10.1. The number of carbonyl (C=O) groups excluding carboxylic acids is 2. The van der Waals surface area contributed by atoms with Crippen LogP contribution < -0.4 is 10.6 Å². The van der Waals surface area contributed by atoms with Gasteiger partial charge < -0.3 is 15.5 Å². The smallest absolute Gasteiger partial charge is 0.323 e. The second-order valence-corrected chi connectivity index (χ2v) is 5.58. The van der Waals surface area contributed by atoms with Gasteiger partial charge in [0.25, 0.3) is 5.91 Å². The summed E-state index contributed by atoms with van der Waals surface area (Å²) in [6.45, 7) is 5.22. The molecule has 0 saturated heterocycles. The molecule has 0 heterocycles. The summed E-state index contributed by atoms with van der Waals surface area (Å²) >= 11 is 5.80. The lowest BCUT2D eigenvalue weighted by Gasteiger charge is -2.18. The molecule has 0 aromatic heterocycles. The van der Waals surface area contributed by atoms with E-state index in [4.69, 9.17) is 11.6 Å². The van der Waals surface area contributed by atoms with Gasteiger partial charge in [0.05, 0.1) is 0 Å². The summed E-state index contributed by atoms with van der Waals surface area (Å²) in [5, 5.41) is 6.03. The molecule has 0 saturated carbocycles. The van der Waals surface area contributed by atoms with E-state index < -0.39 is 0 Å². The second kappa shape index (κ2) is 8.36. The van der Waals surface area contributed by atoms with Gasteiger partial charge in [-0.1, -0.05) is 11.6 Å². The minimum absolute atomic E-state index is 0.0165. The quantitative estimate of drug-likeness (QED) is 0.840. The number of nitrogens with one attached hydrogen (secondary N) is 2. The van der Waals surface area contributed by atoms with Crippen molar-refractivity contribution in [3.05, 3.63) is 59.1 Å². The number of anilines is 2. The van der Waals surface area contributed by atoms with E-state index in [-0.39, 0.29) is 11.9 Å². The number of benzene rings is 2. The number of amides is 3. The van der Waals surface area contributed by atoms with Crippen LogP contribution >= 0.6 is 11.6 Å². The first kappa shape index (κ1) is 17.8. The average molecular weight is 346 g/mol. The monoisotopic (exact) mass is 345 g/mol. The van der Waals surface area contributed by atoms with Crippen LogP contribution in [0.5, 0.6) is 0 Å². The Bertz CT molecular complexity index is 695. The van der Waals surface area contributed by atoms with Crippen LogP contribution in [0.4, 0.5) is 16.2 Å². The first-order valence-electron chi connectivity index (χ1n) is 7.76. The Morgan fingerprint density at radius 1 is 0.875 bits per heavy atom. The van der Waals surface area contributed by atoms with Gasteiger partial charge in [0, 0.05) is 35.1 Å². The fourth-order valence-electron chi connectivity index (χ4n) is 2.22. The SMILES string of the molecule is CCN(CC)C(=O)c1ccc(NC(=O)Nc2ccc(Cl)cc2)cc1. The van der Waals surface area contributed by atoms with Gasteiger partial charge in [-0.2, -0.15) is 0 Å². The van der Waals surface area contributed by atoms with Crippen LogP contribution in [0.3, 0.4) is 0 Å². The molecule has 2 N–H and O–H groups in total. The molecule has 0 unspecified atom stereocenters. The van der Waals surface area contributed by atoms with Crippen molar-refractivity contribution in [1.29, 1.82) is 0 Å². The maximum atomic E-state index is 12.2. The molecule has 0 fully saturated rings. The Morgan fingerprint density at radius 3 is 1.79 bits per heavy atom. The number of urea groups is 1. The molecule has 2 aromatic carbocycles. The Hall–Kier alpha value is -2.53. The molecule has 0 atom stereocenters. The Labute approximate surface area is 146 Å². The number of nitrogens with zero attached hydrogens (tertiary/aromatic N) is 1. The maximum absolute atomic E-state index is 12.2. The van der Waals surface area contributed by atoms with Gasteiger partial charge in [-0.15, -0.1) is 0 Å². The van der Waals surface area contributed by atoms with Crippen molar-refractivity contribution < 1.29 is 9.59 Å². The first-order chi connectivity index (χ1) is 11.5. The van der Waals surface area contributed by atoms with E-state index in [1.54, 1.807) is 53.4 Å². The van der Waals surface area contributed by atoms with E-state index in [9.17, 15) is 9.59 Å². The standard InChI is InChI=1S/C18H20ClN3O2/c1-3-22(4-2)17(23)13-5-9-15(10-6-13)20-18(24)21-16-11-7-14(19)8-12-16/h5-12H,3-4H2,1-2H3,(H2,20,21,24). The highest BCUT2D eigenvalue weighted by Gasteiger charge is 2.12. The molecule has 5 nitrogen and oxygen atoms in total. The summed E-state index contributed by atoms with van der Waals surface area (Å²) < 4.78 is 0. The minimum atomic E-state index is -0.361. The lowest BCUT2D eigenvalue weighted by atomic mass is 10.2. The lowest BCUT2D eigenvalue weighted by Crippen LogP contribution is -2.30. The van der Waals surface area contributed by atoms with E-state index in [0.29, 0.717) is 35.1 Å². The highest BCUT2D eigenvalue weighted by Crippen LogP contribution is 2.15. The zero-order valence-electron chi connectivity index (χ0n) is 13.7. The second-order valence-electron chi connectivity index (χ2n) is 5.14. The van der Waals surface area contributed by atoms with Crippen molar-refractivity contribution in [2.24, 2.45) is 0 Å². The summed E-state index contributed by atoms with van der Waals surface area (Å²) in [6, 6.07) is 13.3. The van der Waals surface area contributed by atoms with Gasteiger partial charge in [-0.05, 0) is 62.4 Å². The molecular formula is C18H20ClN3O2. The van der Waals surface area contributed by atoms with Gasteiger partial charge in [0.15, 0.2) is 0 Å². The third-order valence-corrected chi connectivity index (χ3v) is 3.79. The molecule has 2 aromatic rings. The third kappa shape index (κ3) is 4.73.